The van der Waals surface area contributed by atoms with Gasteiger partial charge in [0.05, 0.1) is 5.69 Å². The van der Waals surface area contributed by atoms with E-state index in [1.165, 1.54) is 5.56 Å². The van der Waals surface area contributed by atoms with Gasteiger partial charge in [0, 0.05) is 11.8 Å². The van der Waals surface area contributed by atoms with Crippen LogP contribution >= 0.6 is 0 Å². The molecule has 0 unspecified atom stereocenters. The van der Waals surface area contributed by atoms with Crippen LogP contribution in [0.5, 0.6) is 5.75 Å². The van der Waals surface area contributed by atoms with Gasteiger partial charge in [-0.15, -0.1) is 10.2 Å². The second-order valence-electron chi connectivity index (χ2n) is 5.80. The van der Waals surface area contributed by atoms with Crippen LogP contribution in [0.2, 0.25) is 0 Å². The lowest BCUT2D eigenvalue weighted by molar-refractivity contribution is 0.475. The van der Waals surface area contributed by atoms with E-state index in [4.69, 9.17) is 4.98 Å². The topological polar surface area (TPSA) is 62.2 Å². The second-order valence-corrected chi connectivity index (χ2v) is 5.80. The Morgan fingerprint density at radius 1 is 0.880 bits per heavy atom. The maximum absolute atomic E-state index is 9.38. The monoisotopic (exact) mass is 328 g/mol. The summed E-state index contributed by atoms with van der Waals surface area (Å²) >= 11 is 0. The SMILES string of the molecule is Cc1ccc(-c2nc3ccccn3c2N=Nc2ccc(O)cc2)cc1. The van der Waals surface area contributed by atoms with Crippen LogP contribution in [0.15, 0.2) is 83.2 Å². The molecule has 25 heavy (non-hydrogen) atoms. The summed E-state index contributed by atoms with van der Waals surface area (Å²) in [6, 6.07) is 20.6. The lowest BCUT2D eigenvalue weighted by Crippen LogP contribution is -1.81. The number of pyridine rings is 1. The number of benzene rings is 2. The number of nitrogens with zero attached hydrogens (tertiary/aromatic N) is 4. The van der Waals surface area contributed by atoms with Crippen LogP contribution in [-0.2, 0) is 0 Å². The third-order valence-corrected chi connectivity index (χ3v) is 3.94. The van der Waals surface area contributed by atoms with E-state index < -0.39 is 0 Å². The van der Waals surface area contributed by atoms with Crippen LogP contribution in [0.25, 0.3) is 16.9 Å². The first-order valence-corrected chi connectivity index (χ1v) is 7.95. The summed E-state index contributed by atoms with van der Waals surface area (Å²) in [6.45, 7) is 2.05. The zero-order valence-corrected chi connectivity index (χ0v) is 13.7. The van der Waals surface area contributed by atoms with E-state index in [1.807, 2.05) is 40.9 Å². The van der Waals surface area contributed by atoms with Crippen molar-refractivity contribution in [1.82, 2.24) is 9.38 Å². The van der Waals surface area contributed by atoms with Crippen molar-refractivity contribution in [1.29, 1.82) is 0 Å². The molecular weight excluding hydrogens is 312 g/mol. The van der Waals surface area contributed by atoms with E-state index in [9.17, 15) is 5.11 Å². The van der Waals surface area contributed by atoms with Crippen molar-refractivity contribution < 1.29 is 5.11 Å². The molecule has 2 aromatic carbocycles. The molecule has 2 aromatic heterocycles. The standard InChI is InChI=1S/C20H16N4O/c1-14-5-7-15(8-6-14)19-20(24-13-3-2-4-18(24)21-19)23-22-16-9-11-17(25)12-10-16/h2-13,25H,1H3. The van der Waals surface area contributed by atoms with E-state index >= 15 is 0 Å². The average molecular weight is 328 g/mol. The van der Waals surface area contributed by atoms with E-state index in [0.29, 0.717) is 11.5 Å². The molecule has 0 fully saturated rings. The molecule has 0 atom stereocenters. The van der Waals surface area contributed by atoms with Gasteiger partial charge in [-0.25, -0.2) is 4.98 Å². The molecule has 0 saturated heterocycles. The number of imidazole rings is 1. The summed E-state index contributed by atoms with van der Waals surface area (Å²) in [5, 5.41) is 18.1. The second kappa shape index (κ2) is 6.20. The van der Waals surface area contributed by atoms with E-state index in [0.717, 1.165) is 16.9 Å². The van der Waals surface area contributed by atoms with Crippen LogP contribution in [0.3, 0.4) is 0 Å². The fraction of sp³-hybridized carbons (Fsp3) is 0.0500. The molecule has 0 bridgehead atoms. The van der Waals surface area contributed by atoms with Crippen molar-refractivity contribution in [3.05, 3.63) is 78.5 Å². The Bertz CT molecular complexity index is 1050. The maximum atomic E-state index is 9.38. The van der Waals surface area contributed by atoms with Crippen molar-refractivity contribution in [2.45, 2.75) is 6.92 Å². The molecule has 1 N–H and O–H groups in total. The summed E-state index contributed by atoms with van der Waals surface area (Å²) in [6.07, 6.45) is 1.92. The highest BCUT2D eigenvalue weighted by Gasteiger charge is 2.13. The number of azo groups is 1. The molecule has 2 heterocycles. The molecule has 0 aliphatic carbocycles. The quantitative estimate of drug-likeness (QED) is 0.510. The van der Waals surface area contributed by atoms with Gasteiger partial charge in [0.2, 0.25) is 0 Å². The molecule has 0 spiro atoms. The van der Waals surface area contributed by atoms with Gasteiger partial charge in [0.25, 0.3) is 0 Å². The number of phenols is 1. The Morgan fingerprint density at radius 2 is 1.64 bits per heavy atom. The van der Waals surface area contributed by atoms with Crippen LogP contribution in [0.1, 0.15) is 5.56 Å². The molecule has 5 nitrogen and oxygen atoms in total. The van der Waals surface area contributed by atoms with Crippen molar-refractivity contribution in [3.63, 3.8) is 0 Å². The zero-order valence-electron chi connectivity index (χ0n) is 13.7. The number of aromatic nitrogens is 2. The van der Waals surface area contributed by atoms with Gasteiger partial charge < -0.3 is 5.11 Å². The van der Waals surface area contributed by atoms with Gasteiger partial charge in [-0.05, 0) is 43.3 Å². The average Bonchev–Trinajstić information content (AvgIpc) is 3.00. The Kier molecular flexibility index (Phi) is 3.74. The summed E-state index contributed by atoms with van der Waals surface area (Å²) < 4.78 is 1.92. The van der Waals surface area contributed by atoms with Gasteiger partial charge in [0.1, 0.15) is 17.1 Å². The number of aromatic hydroxyl groups is 1. The Labute approximate surface area is 144 Å². The number of hydrogen-bond acceptors (Lipinski definition) is 4. The largest absolute Gasteiger partial charge is 0.508 e. The Hall–Kier alpha value is -3.47. The fourth-order valence-corrected chi connectivity index (χ4v) is 2.61. The summed E-state index contributed by atoms with van der Waals surface area (Å²) in [7, 11) is 0. The number of phenolic OH excluding ortho intramolecular Hbond substituents is 1. The van der Waals surface area contributed by atoms with Crippen LogP contribution in [-0.4, -0.2) is 14.5 Å². The van der Waals surface area contributed by atoms with Gasteiger partial charge >= 0.3 is 0 Å². The van der Waals surface area contributed by atoms with Crippen molar-refractivity contribution in [3.8, 4) is 17.0 Å². The molecule has 0 radical (unpaired) electrons. The minimum absolute atomic E-state index is 0.203. The first-order valence-electron chi connectivity index (χ1n) is 7.95. The van der Waals surface area contributed by atoms with E-state index in [1.54, 1.807) is 24.3 Å². The number of aryl methyl sites for hydroxylation is 1. The smallest absolute Gasteiger partial charge is 0.187 e. The minimum atomic E-state index is 0.203. The predicted octanol–water partition coefficient (Wildman–Crippen LogP) is 5.43. The fourth-order valence-electron chi connectivity index (χ4n) is 2.61. The molecule has 0 amide bonds. The molecule has 0 saturated carbocycles. The molecule has 5 heteroatoms. The number of hydrogen-bond donors (Lipinski definition) is 1. The summed E-state index contributed by atoms with van der Waals surface area (Å²) in [5.74, 6) is 0.877. The van der Waals surface area contributed by atoms with Crippen LogP contribution in [0.4, 0.5) is 11.5 Å². The van der Waals surface area contributed by atoms with Crippen molar-refractivity contribution in [2.24, 2.45) is 10.2 Å². The Balaban J connectivity index is 1.84. The highest BCUT2D eigenvalue weighted by atomic mass is 16.3. The molecule has 122 valence electrons. The van der Waals surface area contributed by atoms with E-state index in [-0.39, 0.29) is 5.75 Å². The molecule has 4 rings (SSSR count). The van der Waals surface area contributed by atoms with Crippen LogP contribution < -0.4 is 0 Å². The third-order valence-electron chi connectivity index (χ3n) is 3.94. The van der Waals surface area contributed by atoms with Gasteiger partial charge in [-0.2, -0.15) is 0 Å². The maximum Gasteiger partial charge on any atom is 0.187 e. The first-order chi connectivity index (χ1) is 12.2. The van der Waals surface area contributed by atoms with Gasteiger partial charge in [-0.3, -0.25) is 4.40 Å². The minimum Gasteiger partial charge on any atom is -0.508 e. The Morgan fingerprint density at radius 3 is 2.40 bits per heavy atom. The molecule has 0 aliphatic rings. The zero-order chi connectivity index (χ0) is 17.2. The normalized spacial score (nSPS) is 11.4. The van der Waals surface area contributed by atoms with Gasteiger partial charge in [0.15, 0.2) is 5.82 Å². The highest BCUT2D eigenvalue weighted by molar-refractivity contribution is 5.74. The van der Waals surface area contributed by atoms with Crippen molar-refractivity contribution in [2.75, 3.05) is 0 Å². The molecule has 4 aromatic rings. The third kappa shape index (κ3) is 2.99. The predicted molar refractivity (Wildman–Crippen MR) is 97.6 cm³/mol. The highest BCUT2D eigenvalue weighted by Crippen LogP contribution is 2.32. The van der Waals surface area contributed by atoms with Crippen LogP contribution in [0, 0.1) is 6.92 Å². The lowest BCUT2D eigenvalue weighted by atomic mass is 10.1. The lowest BCUT2D eigenvalue weighted by Gasteiger charge is -2.00. The van der Waals surface area contributed by atoms with Gasteiger partial charge in [-0.1, -0.05) is 35.9 Å². The number of fused-ring (bicyclic) bond motifs is 1. The molecule has 0 aliphatic heterocycles. The van der Waals surface area contributed by atoms with E-state index in [2.05, 4.69) is 29.3 Å². The van der Waals surface area contributed by atoms with Crippen molar-refractivity contribution >= 4 is 17.2 Å². The number of rotatable bonds is 3. The summed E-state index contributed by atoms with van der Waals surface area (Å²) in [5.41, 5.74) is 4.46. The first kappa shape index (κ1) is 15.1. The summed E-state index contributed by atoms with van der Waals surface area (Å²) in [4.78, 5) is 4.71. The molecular formula is C20H16N4O.